The van der Waals surface area contributed by atoms with Crippen molar-refractivity contribution >= 4 is 34.5 Å². The van der Waals surface area contributed by atoms with Crippen LogP contribution in [0.25, 0.3) is 0 Å². The van der Waals surface area contributed by atoms with Gasteiger partial charge in [0.2, 0.25) is 0 Å². The number of hydrogen-bond acceptors (Lipinski definition) is 3. The molecule has 1 aromatic carbocycles. The van der Waals surface area contributed by atoms with Crippen molar-refractivity contribution in [3.8, 4) is 0 Å². The van der Waals surface area contributed by atoms with Gasteiger partial charge in [-0.25, -0.2) is 0 Å². The molecule has 17 heavy (non-hydrogen) atoms. The molecule has 0 radical (unpaired) electrons. The molecule has 2 N–H and O–H groups in total. The summed E-state index contributed by atoms with van der Waals surface area (Å²) in [5.74, 6) is -0.132. The Kier molecular flexibility index (Phi) is 6.02. The second-order valence-corrected chi connectivity index (χ2v) is 5.30. The number of halogens is 1. The van der Waals surface area contributed by atoms with E-state index in [1.165, 1.54) is 0 Å². The molecule has 0 fully saturated rings. The van der Waals surface area contributed by atoms with Gasteiger partial charge in [-0.05, 0) is 38.0 Å². The molecule has 1 aromatic rings. The molecule has 3 nitrogen and oxygen atoms in total. The topological polar surface area (TPSA) is 49.3 Å². The van der Waals surface area contributed by atoms with Crippen molar-refractivity contribution in [1.29, 1.82) is 0 Å². The van der Waals surface area contributed by atoms with Gasteiger partial charge in [0, 0.05) is 22.0 Å². The van der Waals surface area contributed by atoms with Crippen molar-refractivity contribution in [3.05, 3.63) is 28.2 Å². The van der Waals surface area contributed by atoms with Crippen LogP contribution in [0.4, 0.5) is 0 Å². The maximum Gasteiger partial charge on any atom is 0.252 e. The fourth-order valence-electron chi connectivity index (χ4n) is 1.47. The minimum Gasteiger partial charge on any atom is -0.396 e. The molecule has 0 saturated carbocycles. The van der Waals surface area contributed by atoms with Crippen LogP contribution in [-0.2, 0) is 0 Å². The highest BCUT2D eigenvalue weighted by molar-refractivity contribution is 9.10. The number of amides is 1. The summed E-state index contributed by atoms with van der Waals surface area (Å²) in [6.07, 6.45) is 1.45. The number of carbonyl (C=O) groups is 1. The monoisotopic (exact) mass is 317 g/mol. The van der Waals surface area contributed by atoms with Crippen molar-refractivity contribution in [2.45, 2.75) is 30.7 Å². The minimum absolute atomic E-state index is 0.0473. The Balaban J connectivity index is 2.63. The second kappa shape index (κ2) is 7.03. The average Bonchev–Trinajstić information content (AvgIpc) is 2.26. The van der Waals surface area contributed by atoms with E-state index in [4.69, 9.17) is 5.11 Å². The van der Waals surface area contributed by atoms with Crippen LogP contribution in [0, 0.1) is 0 Å². The van der Waals surface area contributed by atoms with Crippen LogP contribution in [0.3, 0.4) is 0 Å². The molecule has 0 saturated heterocycles. The molecule has 0 heterocycles. The summed E-state index contributed by atoms with van der Waals surface area (Å²) >= 11 is 7.59. The van der Waals surface area contributed by atoms with Crippen molar-refractivity contribution in [2.75, 3.05) is 6.61 Å². The highest BCUT2D eigenvalue weighted by Gasteiger charge is 2.12. The summed E-state index contributed by atoms with van der Waals surface area (Å²) in [7, 11) is 0. The molecule has 0 spiro atoms. The normalized spacial score (nSPS) is 12.2. The molecule has 1 rings (SSSR count). The van der Waals surface area contributed by atoms with Crippen molar-refractivity contribution < 1.29 is 9.90 Å². The number of nitrogens with one attached hydrogen (secondary N) is 1. The third-order valence-electron chi connectivity index (χ3n) is 2.38. The Morgan fingerprint density at radius 2 is 2.29 bits per heavy atom. The number of rotatable bonds is 5. The van der Waals surface area contributed by atoms with Gasteiger partial charge in [0.25, 0.3) is 5.91 Å². The first-order chi connectivity index (χ1) is 8.04. The fraction of sp³-hybridized carbons (Fsp3) is 0.417. The largest absolute Gasteiger partial charge is 0.396 e. The first-order valence-corrected chi connectivity index (χ1v) is 6.69. The predicted octanol–water partition coefficient (Wildman–Crippen LogP) is 2.63. The number of carbonyl (C=O) groups excluding carboxylic acids is 1. The summed E-state index contributed by atoms with van der Waals surface area (Å²) in [5.41, 5.74) is 0.562. The highest BCUT2D eigenvalue weighted by Crippen LogP contribution is 2.19. The molecular formula is C12H16BrNO2S. The van der Waals surface area contributed by atoms with E-state index in [1.54, 1.807) is 12.1 Å². The summed E-state index contributed by atoms with van der Waals surface area (Å²) in [6.45, 7) is 2.07. The molecule has 1 unspecified atom stereocenters. The Morgan fingerprint density at radius 1 is 1.59 bits per heavy atom. The number of hydrogen-bond donors (Lipinski definition) is 3. The van der Waals surface area contributed by atoms with Crippen LogP contribution in [0.15, 0.2) is 27.6 Å². The van der Waals surface area contributed by atoms with E-state index in [2.05, 4.69) is 33.9 Å². The van der Waals surface area contributed by atoms with Gasteiger partial charge in [0.15, 0.2) is 0 Å². The lowest BCUT2D eigenvalue weighted by Crippen LogP contribution is -2.32. The van der Waals surface area contributed by atoms with Gasteiger partial charge in [-0.15, -0.1) is 12.6 Å². The zero-order valence-corrected chi connectivity index (χ0v) is 12.1. The molecular weight excluding hydrogens is 302 g/mol. The Morgan fingerprint density at radius 3 is 2.88 bits per heavy atom. The summed E-state index contributed by atoms with van der Waals surface area (Å²) in [4.78, 5) is 12.6. The smallest absolute Gasteiger partial charge is 0.252 e. The summed E-state index contributed by atoms with van der Waals surface area (Å²) in [5, 5.41) is 11.6. The van der Waals surface area contributed by atoms with E-state index in [0.29, 0.717) is 16.9 Å². The van der Waals surface area contributed by atoms with E-state index in [1.807, 2.05) is 13.0 Å². The van der Waals surface area contributed by atoms with E-state index >= 15 is 0 Å². The minimum atomic E-state index is -0.132. The van der Waals surface area contributed by atoms with Gasteiger partial charge in [-0.3, -0.25) is 4.79 Å². The van der Waals surface area contributed by atoms with Crippen LogP contribution in [0.2, 0.25) is 0 Å². The number of aliphatic hydroxyl groups is 1. The van der Waals surface area contributed by atoms with Crippen LogP contribution in [0.1, 0.15) is 30.1 Å². The maximum atomic E-state index is 11.9. The second-order valence-electron chi connectivity index (χ2n) is 3.90. The van der Waals surface area contributed by atoms with Gasteiger partial charge < -0.3 is 10.4 Å². The molecule has 1 amide bonds. The van der Waals surface area contributed by atoms with E-state index in [-0.39, 0.29) is 18.6 Å². The third-order valence-corrected chi connectivity index (χ3v) is 3.24. The zero-order valence-electron chi connectivity index (χ0n) is 9.61. The fourth-order valence-corrected chi connectivity index (χ4v) is 2.32. The van der Waals surface area contributed by atoms with Crippen molar-refractivity contribution in [1.82, 2.24) is 5.32 Å². The van der Waals surface area contributed by atoms with Gasteiger partial charge in [0.05, 0.1) is 5.56 Å². The van der Waals surface area contributed by atoms with Gasteiger partial charge in [0.1, 0.15) is 0 Å². The zero-order chi connectivity index (χ0) is 12.8. The average molecular weight is 318 g/mol. The standard InChI is InChI=1S/C12H16BrNO2S/c1-8(3-2-6-15)14-12(16)10-5-4-9(13)7-11(10)17/h4-5,7-8,15,17H,2-3,6H2,1H3,(H,14,16). The lowest BCUT2D eigenvalue weighted by atomic mass is 10.1. The highest BCUT2D eigenvalue weighted by atomic mass is 79.9. The quantitative estimate of drug-likeness (QED) is 0.731. The first kappa shape index (κ1) is 14.5. The van der Waals surface area contributed by atoms with Gasteiger partial charge in [-0.1, -0.05) is 15.9 Å². The molecule has 0 aliphatic heterocycles. The lowest BCUT2D eigenvalue weighted by Gasteiger charge is -2.14. The van der Waals surface area contributed by atoms with Crippen LogP contribution < -0.4 is 5.32 Å². The van der Waals surface area contributed by atoms with Crippen LogP contribution >= 0.6 is 28.6 Å². The molecule has 5 heteroatoms. The number of aliphatic hydroxyl groups excluding tert-OH is 1. The molecule has 1 atom stereocenters. The maximum absolute atomic E-state index is 11.9. The number of thiol groups is 1. The van der Waals surface area contributed by atoms with E-state index in [9.17, 15) is 4.79 Å². The summed E-state index contributed by atoms with van der Waals surface area (Å²) in [6, 6.07) is 5.38. The Labute approximate surface area is 115 Å². The molecule has 94 valence electrons. The first-order valence-electron chi connectivity index (χ1n) is 5.45. The lowest BCUT2D eigenvalue weighted by molar-refractivity contribution is 0.0933. The molecule has 0 aliphatic rings. The van der Waals surface area contributed by atoms with Gasteiger partial charge in [-0.2, -0.15) is 0 Å². The van der Waals surface area contributed by atoms with Gasteiger partial charge >= 0.3 is 0 Å². The van der Waals surface area contributed by atoms with E-state index < -0.39 is 0 Å². The van der Waals surface area contributed by atoms with Crippen LogP contribution in [0.5, 0.6) is 0 Å². The molecule has 0 aliphatic carbocycles. The van der Waals surface area contributed by atoms with Crippen LogP contribution in [-0.4, -0.2) is 23.7 Å². The van der Waals surface area contributed by atoms with Crippen molar-refractivity contribution in [2.24, 2.45) is 0 Å². The Hall–Kier alpha value is -0.520. The van der Waals surface area contributed by atoms with E-state index in [0.717, 1.165) is 10.9 Å². The molecule has 0 aromatic heterocycles. The predicted molar refractivity (Wildman–Crippen MR) is 74.6 cm³/mol. The Bertz CT molecular complexity index is 398. The third kappa shape index (κ3) is 4.69. The van der Waals surface area contributed by atoms with Crippen molar-refractivity contribution in [3.63, 3.8) is 0 Å². The SMILES string of the molecule is CC(CCCO)NC(=O)c1ccc(Br)cc1S. The molecule has 0 bridgehead atoms. The summed E-state index contributed by atoms with van der Waals surface area (Å²) < 4.78 is 0.896. The number of benzene rings is 1.